The zero-order chi connectivity index (χ0) is 18.5. The largest absolute Gasteiger partial charge is 0.489 e. The van der Waals surface area contributed by atoms with E-state index in [0.717, 1.165) is 34.4 Å². The first-order valence-corrected chi connectivity index (χ1v) is 10.4. The topological polar surface area (TPSA) is 51.2 Å². The molecular formula is C19H18BrClN2O2S. The summed E-state index contributed by atoms with van der Waals surface area (Å²) in [6, 6.07) is 13.3. The predicted molar refractivity (Wildman–Crippen MR) is 112 cm³/mol. The van der Waals surface area contributed by atoms with Crippen LogP contribution < -0.4 is 10.1 Å². The molecule has 3 rings (SSSR count). The molecule has 0 radical (unpaired) electrons. The molecular weight excluding hydrogens is 436 g/mol. The van der Waals surface area contributed by atoms with Crippen LogP contribution in [-0.2, 0) is 11.4 Å². The number of nitrogens with zero attached hydrogens (tertiary/aromatic N) is 1. The Morgan fingerprint density at radius 1 is 1.31 bits per heavy atom. The molecule has 0 aliphatic rings. The first-order chi connectivity index (χ1) is 12.5. The summed E-state index contributed by atoms with van der Waals surface area (Å²) in [5.74, 6) is 0.698. The second kappa shape index (κ2) is 8.84. The number of alkyl halides is 1. The Balaban J connectivity index is 1.67. The van der Waals surface area contributed by atoms with Gasteiger partial charge in [0, 0.05) is 5.02 Å². The number of anilines is 1. The van der Waals surface area contributed by atoms with Crippen LogP contribution in [0.25, 0.3) is 10.2 Å². The molecule has 7 heteroatoms. The van der Waals surface area contributed by atoms with Crippen LogP contribution in [0, 0.1) is 0 Å². The number of nitrogens with one attached hydrogen (secondary N) is 1. The molecule has 0 spiro atoms. The minimum atomic E-state index is -0.196. The molecule has 0 unspecified atom stereocenters. The van der Waals surface area contributed by atoms with Crippen molar-refractivity contribution in [2.75, 3.05) is 5.32 Å². The minimum absolute atomic E-state index is 0.0647. The van der Waals surface area contributed by atoms with Gasteiger partial charge in [0.05, 0.1) is 15.0 Å². The maximum atomic E-state index is 12.1. The van der Waals surface area contributed by atoms with Crippen LogP contribution in [-0.4, -0.2) is 15.7 Å². The zero-order valence-corrected chi connectivity index (χ0v) is 17.3. The van der Waals surface area contributed by atoms with E-state index in [4.69, 9.17) is 16.3 Å². The number of aromatic nitrogens is 1. The molecule has 1 amide bonds. The highest BCUT2D eigenvalue weighted by atomic mass is 79.9. The number of hydrogen-bond acceptors (Lipinski definition) is 4. The van der Waals surface area contributed by atoms with Crippen LogP contribution in [0.2, 0.25) is 5.02 Å². The van der Waals surface area contributed by atoms with E-state index >= 15 is 0 Å². The van der Waals surface area contributed by atoms with E-state index in [2.05, 4.69) is 26.2 Å². The Bertz CT molecular complexity index is 898. The van der Waals surface area contributed by atoms with Gasteiger partial charge >= 0.3 is 0 Å². The van der Waals surface area contributed by atoms with Crippen molar-refractivity contribution in [3.05, 3.63) is 53.1 Å². The Morgan fingerprint density at radius 3 is 2.81 bits per heavy atom. The number of benzene rings is 2. The van der Waals surface area contributed by atoms with E-state index in [0.29, 0.717) is 16.8 Å². The number of thiazole rings is 1. The summed E-state index contributed by atoms with van der Waals surface area (Å²) < 4.78 is 6.81. The van der Waals surface area contributed by atoms with E-state index in [9.17, 15) is 4.79 Å². The molecule has 26 heavy (non-hydrogen) atoms. The SMILES string of the molecule is CCC[C@H](Br)C(=O)Nc1nc2ccc(OCc3ccc(Cl)cc3)cc2s1. The first kappa shape index (κ1) is 19.1. The van der Waals surface area contributed by atoms with Gasteiger partial charge in [-0.15, -0.1) is 0 Å². The lowest BCUT2D eigenvalue weighted by Crippen LogP contribution is -2.22. The Labute approximate surface area is 169 Å². The highest BCUT2D eigenvalue weighted by Crippen LogP contribution is 2.30. The quantitative estimate of drug-likeness (QED) is 0.444. The van der Waals surface area contributed by atoms with Crippen LogP contribution >= 0.6 is 38.9 Å². The lowest BCUT2D eigenvalue weighted by atomic mass is 10.2. The molecule has 0 fully saturated rings. The zero-order valence-electron chi connectivity index (χ0n) is 14.2. The molecule has 0 aliphatic carbocycles. The van der Waals surface area contributed by atoms with E-state index in [1.54, 1.807) is 0 Å². The summed E-state index contributed by atoms with van der Waals surface area (Å²) in [4.78, 5) is 16.4. The Hall–Kier alpha value is -1.63. The van der Waals surface area contributed by atoms with Crippen molar-refractivity contribution in [2.45, 2.75) is 31.2 Å². The summed E-state index contributed by atoms with van der Waals surface area (Å²) in [6.07, 6.45) is 1.73. The fraction of sp³-hybridized carbons (Fsp3) is 0.263. The molecule has 0 saturated heterocycles. The second-order valence-corrected chi connectivity index (χ2v) is 8.38. The highest BCUT2D eigenvalue weighted by molar-refractivity contribution is 9.10. The number of hydrogen-bond donors (Lipinski definition) is 1. The number of rotatable bonds is 7. The molecule has 0 bridgehead atoms. The van der Waals surface area contributed by atoms with Crippen molar-refractivity contribution in [2.24, 2.45) is 0 Å². The standard InChI is InChI=1S/C19H18BrClN2O2S/c1-2-3-15(20)18(24)23-19-22-16-9-8-14(10-17(16)26-19)25-11-12-4-6-13(21)7-5-12/h4-10,15H,2-3,11H2,1H3,(H,22,23,24)/t15-/m0/s1. The van der Waals surface area contributed by atoms with Gasteiger partial charge in [-0.25, -0.2) is 4.98 Å². The number of ether oxygens (including phenoxy) is 1. The summed E-state index contributed by atoms with van der Waals surface area (Å²) in [5, 5.41) is 4.17. The molecule has 3 aromatic rings. The molecule has 1 atom stereocenters. The summed E-state index contributed by atoms with van der Waals surface area (Å²) >= 11 is 10.7. The van der Waals surface area contributed by atoms with Crippen molar-refractivity contribution in [3.63, 3.8) is 0 Å². The summed E-state index contributed by atoms with van der Waals surface area (Å²) in [7, 11) is 0. The highest BCUT2D eigenvalue weighted by Gasteiger charge is 2.15. The molecule has 0 aliphatic heterocycles. The van der Waals surface area contributed by atoms with Crippen LogP contribution in [0.1, 0.15) is 25.3 Å². The minimum Gasteiger partial charge on any atom is -0.489 e. The van der Waals surface area contributed by atoms with Gasteiger partial charge in [-0.2, -0.15) is 0 Å². The van der Waals surface area contributed by atoms with Gasteiger partial charge in [0.2, 0.25) is 5.91 Å². The smallest absolute Gasteiger partial charge is 0.239 e. The van der Waals surface area contributed by atoms with Crippen molar-refractivity contribution >= 4 is 60.1 Å². The van der Waals surface area contributed by atoms with Crippen molar-refractivity contribution < 1.29 is 9.53 Å². The maximum absolute atomic E-state index is 12.1. The van der Waals surface area contributed by atoms with Crippen LogP contribution in [0.4, 0.5) is 5.13 Å². The average Bonchev–Trinajstić information content (AvgIpc) is 3.02. The lowest BCUT2D eigenvalue weighted by molar-refractivity contribution is -0.115. The van der Waals surface area contributed by atoms with Crippen LogP contribution in [0.3, 0.4) is 0 Å². The average molecular weight is 454 g/mol. The van der Waals surface area contributed by atoms with E-state index in [-0.39, 0.29) is 10.7 Å². The molecule has 1 heterocycles. The van der Waals surface area contributed by atoms with E-state index < -0.39 is 0 Å². The Kier molecular flexibility index (Phi) is 6.51. The molecule has 2 aromatic carbocycles. The van der Waals surface area contributed by atoms with Gasteiger partial charge in [0.25, 0.3) is 0 Å². The Morgan fingerprint density at radius 2 is 2.08 bits per heavy atom. The van der Waals surface area contributed by atoms with Gasteiger partial charge < -0.3 is 10.1 Å². The molecule has 0 saturated carbocycles. The summed E-state index contributed by atoms with van der Waals surface area (Å²) in [5.41, 5.74) is 1.89. The van der Waals surface area contributed by atoms with Crippen LogP contribution in [0.5, 0.6) is 5.75 Å². The van der Waals surface area contributed by atoms with Crippen molar-refractivity contribution in [1.29, 1.82) is 0 Å². The third kappa shape index (κ3) is 4.96. The number of fused-ring (bicyclic) bond motifs is 1. The van der Waals surface area contributed by atoms with Gasteiger partial charge in [0.15, 0.2) is 5.13 Å². The van der Waals surface area contributed by atoms with Gasteiger partial charge in [-0.3, -0.25) is 4.79 Å². The number of halogens is 2. The van der Waals surface area contributed by atoms with Crippen molar-refractivity contribution in [1.82, 2.24) is 4.98 Å². The number of carbonyl (C=O) groups is 1. The van der Waals surface area contributed by atoms with Crippen molar-refractivity contribution in [3.8, 4) is 5.75 Å². The van der Waals surface area contributed by atoms with Gasteiger partial charge in [0.1, 0.15) is 12.4 Å². The van der Waals surface area contributed by atoms with Gasteiger partial charge in [-0.1, -0.05) is 64.3 Å². The maximum Gasteiger partial charge on any atom is 0.239 e. The van der Waals surface area contributed by atoms with E-state index in [1.165, 1.54) is 11.3 Å². The van der Waals surface area contributed by atoms with Crippen LogP contribution in [0.15, 0.2) is 42.5 Å². The summed E-state index contributed by atoms with van der Waals surface area (Å²) in [6.45, 7) is 2.51. The second-order valence-electron chi connectivity index (χ2n) is 5.81. The lowest BCUT2D eigenvalue weighted by Gasteiger charge is -2.06. The molecule has 4 nitrogen and oxygen atoms in total. The third-order valence-corrected chi connectivity index (χ3v) is 5.79. The third-order valence-electron chi connectivity index (χ3n) is 3.74. The first-order valence-electron chi connectivity index (χ1n) is 8.28. The molecule has 1 aromatic heterocycles. The normalized spacial score (nSPS) is 12.1. The molecule has 1 N–H and O–H groups in total. The fourth-order valence-electron chi connectivity index (χ4n) is 2.36. The fourth-order valence-corrected chi connectivity index (χ4v) is 3.96. The number of amides is 1. The predicted octanol–water partition coefficient (Wildman–Crippen LogP) is 6.03. The molecule has 136 valence electrons. The number of carbonyl (C=O) groups excluding carboxylic acids is 1. The monoisotopic (exact) mass is 452 g/mol. The van der Waals surface area contributed by atoms with E-state index in [1.807, 2.05) is 49.4 Å². The van der Waals surface area contributed by atoms with Gasteiger partial charge in [-0.05, 0) is 42.3 Å².